The molecule has 0 aliphatic carbocycles. The Hall–Kier alpha value is -10.7. The minimum atomic E-state index is -0.285. The Labute approximate surface area is 508 Å². The van der Waals surface area contributed by atoms with Gasteiger partial charge in [-0.05, 0) is 135 Å². The van der Waals surface area contributed by atoms with E-state index in [9.17, 15) is 0 Å². The van der Waals surface area contributed by atoms with Gasteiger partial charge in [0.1, 0.15) is 24.0 Å². The molecule has 13 aromatic rings. The van der Waals surface area contributed by atoms with E-state index in [0.29, 0.717) is 6.67 Å². The standard InChI is InChI=1S/C79H63N7O/c1-78(2,3)51-42-44-80-75(47-51)86-70-38-20-15-33-64(70)65-41-40-55(49-72(65)86)87-54-24-21-23-53(48-54)82-50-83(77-71(82)39-22-43-81-77)76-73(84-66-34-16-11-29-60(66)56-25-7-8-26-57(56)61-30-12-17-35-67(61)84)45-52(79(4,5)6)46-74(76)85-68-36-18-13-31-62(68)58-27-9-10-28-59(58)63-32-14-19-37-69(63)85/h7-49H,50H2,1-6H3. The van der Waals surface area contributed by atoms with Crippen LogP contribution in [-0.4, -0.2) is 21.2 Å². The first-order valence-electron chi connectivity index (χ1n) is 30.1. The molecule has 0 unspecified atom stereocenters. The lowest BCUT2D eigenvalue weighted by Gasteiger charge is -2.38. The van der Waals surface area contributed by atoms with Crippen molar-refractivity contribution in [3.8, 4) is 61.8 Å². The summed E-state index contributed by atoms with van der Waals surface area (Å²) in [6, 6.07) is 90.4. The lowest BCUT2D eigenvalue weighted by Crippen LogP contribution is -2.28. The van der Waals surface area contributed by atoms with E-state index in [-0.39, 0.29) is 10.8 Å². The highest BCUT2D eigenvalue weighted by molar-refractivity contribution is 6.12. The lowest BCUT2D eigenvalue weighted by atomic mass is 9.85. The molecular weight excluding hydrogens is 1060 g/mol. The average molecular weight is 1130 g/mol. The highest BCUT2D eigenvalue weighted by Gasteiger charge is 2.40. The van der Waals surface area contributed by atoms with Crippen molar-refractivity contribution in [3.63, 3.8) is 0 Å². The van der Waals surface area contributed by atoms with Crippen LogP contribution in [0.3, 0.4) is 0 Å². The second-order valence-corrected chi connectivity index (χ2v) is 25.1. The molecule has 10 aromatic carbocycles. The van der Waals surface area contributed by atoms with Crippen molar-refractivity contribution in [2.45, 2.75) is 52.4 Å². The van der Waals surface area contributed by atoms with Gasteiger partial charge in [0.25, 0.3) is 0 Å². The van der Waals surface area contributed by atoms with Crippen LogP contribution < -0.4 is 24.3 Å². The Balaban J connectivity index is 0.901. The summed E-state index contributed by atoms with van der Waals surface area (Å²) in [5.74, 6) is 3.17. The minimum absolute atomic E-state index is 0.0446. The predicted molar refractivity (Wildman–Crippen MR) is 361 cm³/mol. The molecule has 3 aliphatic heterocycles. The molecular formula is C79H63N7O. The highest BCUT2D eigenvalue weighted by atomic mass is 16.5. The van der Waals surface area contributed by atoms with Gasteiger partial charge in [0.15, 0.2) is 5.82 Å². The molecule has 3 aliphatic rings. The highest BCUT2D eigenvalue weighted by Crippen LogP contribution is 2.61. The van der Waals surface area contributed by atoms with Crippen LogP contribution in [0.4, 0.5) is 57.0 Å². The van der Waals surface area contributed by atoms with E-state index in [1.54, 1.807) is 0 Å². The van der Waals surface area contributed by atoms with E-state index < -0.39 is 0 Å². The van der Waals surface area contributed by atoms with Crippen LogP contribution in [-0.2, 0) is 10.8 Å². The lowest BCUT2D eigenvalue weighted by molar-refractivity contribution is 0.483. The maximum absolute atomic E-state index is 7.00. The Morgan fingerprint density at radius 1 is 0.345 bits per heavy atom. The zero-order valence-electron chi connectivity index (χ0n) is 49.6. The molecule has 0 atom stereocenters. The fraction of sp³-hybridized carbons (Fsp3) is 0.114. The average Bonchev–Trinajstić information content (AvgIpc) is 1.87. The van der Waals surface area contributed by atoms with E-state index in [2.05, 4.69) is 314 Å². The van der Waals surface area contributed by atoms with Crippen LogP contribution in [0.25, 0.3) is 72.1 Å². The van der Waals surface area contributed by atoms with Gasteiger partial charge in [0.2, 0.25) is 0 Å². The van der Waals surface area contributed by atoms with Gasteiger partial charge in [-0.3, -0.25) is 4.57 Å². The number of anilines is 10. The van der Waals surface area contributed by atoms with Gasteiger partial charge in [-0.15, -0.1) is 0 Å². The number of para-hydroxylation sites is 5. The summed E-state index contributed by atoms with van der Waals surface area (Å²) in [5, 5.41) is 2.30. The van der Waals surface area contributed by atoms with Crippen molar-refractivity contribution < 1.29 is 4.74 Å². The van der Waals surface area contributed by atoms with Crippen LogP contribution in [0.2, 0.25) is 0 Å². The van der Waals surface area contributed by atoms with Gasteiger partial charge < -0.3 is 24.3 Å². The molecule has 0 radical (unpaired) electrons. The minimum Gasteiger partial charge on any atom is -0.457 e. The van der Waals surface area contributed by atoms with E-state index in [1.807, 2.05) is 12.4 Å². The van der Waals surface area contributed by atoms with Crippen molar-refractivity contribution in [1.82, 2.24) is 14.5 Å². The van der Waals surface area contributed by atoms with Crippen LogP contribution in [0.5, 0.6) is 11.5 Å². The summed E-state index contributed by atoms with van der Waals surface area (Å²) >= 11 is 0. The Morgan fingerprint density at radius 2 is 0.828 bits per heavy atom. The number of aromatic nitrogens is 3. The number of ether oxygens (including phenoxy) is 1. The van der Waals surface area contributed by atoms with E-state index >= 15 is 0 Å². The van der Waals surface area contributed by atoms with Gasteiger partial charge in [0, 0.05) is 63.2 Å². The monoisotopic (exact) mass is 1130 g/mol. The Bertz CT molecular complexity index is 4620. The third-order valence-electron chi connectivity index (χ3n) is 17.7. The van der Waals surface area contributed by atoms with E-state index in [4.69, 9.17) is 14.7 Å². The number of hydrogen-bond donors (Lipinski definition) is 0. The molecule has 0 amide bonds. The molecule has 0 saturated heterocycles. The fourth-order valence-corrected chi connectivity index (χ4v) is 13.5. The van der Waals surface area contributed by atoms with Crippen molar-refractivity contribution in [2.75, 3.05) is 26.3 Å². The maximum Gasteiger partial charge on any atom is 0.158 e. The SMILES string of the molecule is CC(C)(C)c1ccnc(-n2c3ccccc3c3ccc(Oc4cccc(N5CN(c6c(N7c8ccccc8-c8ccccc8-c8ccccc87)cc(C(C)(C)C)cc6N6c7ccccc7-c7ccccc7-c7ccccc76)c6ncccc65)c4)cc32)c1. The number of hydrogen-bond acceptors (Lipinski definition) is 7. The summed E-state index contributed by atoms with van der Waals surface area (Å²) in [4.78, 5) is 20.3. The zero-order valence-corrected chi connectivity index (χ0v) is 49.6. The predicted octanol–water partition coefficient (Wildman–Crippen LogP) is 21.4. The van der Waals surface area contributed by atoms with Crippen molar-refractivity contribution >= 4 is 78.8 Å². The second-order valence-electron chi connectivity index (χ2n) is 25.1. The molecule has 6 heterocycles. The number of fused-ring (bicyclic) bond motifs is 14. The maximum atomic E-state index is 7.00. The molecule has 0 bridgehead atoms. The normalized spacial score (nSPS) is 13.3. The summed E-state index contributed by atoms with van der Waals surface area (Å²) in [7, 11) is 0. The van der Waals surface area contributed by atoms with E-state index in [0.717, 1.165) is 118 Å². The first-order chi connectivity index (χ1) is 42.4. The molecule has 16 rings (SSSR count). The van der Waals surface area contributed by atoms with E-state index in [1.165, 1.54) is 33.4 Å². The number of pyridine rings is 2. The molecule has 0 N–H and O–H groups in total. The van der Waals surface area contributed by atoms with Crippen LogP contribution in [0.15, 0.2) is 261 Å². The van der Waals surface area contributed by atoms with Gasteiger partial charge >= 0.3 is 0 Å². The largest absolute Gasteiger partial charge is 0.457 e. The number of benzene rings is 10. The fourth-order valence-electron chi connectivity index (χ4n) is 13.5. The molecule has 87 heavy (non-hydrogen) atoms. The summed E-state index contributed by atoms with van der Waals surface area (Å²) in [6.07, 6.45) is 3.86. The van der Waals surface area contributed by atoms with Gasteiger partial charge in [0.05, 0.1) is 56.5 Å². The van der Waals surface area contributed by atoms with Gasteiger partial charge in [-0.2, -0.15) is 0 Å². The molecule has 8 nitrogen and oxygen atoms in total. The topological polar surface area (TPSA) is 52.9 Å². The first kappa shape index (κ1) is 51.9. The van der Waals surface area contributed by atoms with Gasteiger partial charge in [-0.25, -0.2) is 9.97 Å². The first-order valence-corrected chi connectivity index (χ1v) is 30.1. The Morgan fingerprint density at radius 3 is 1.38 bits per heavy atom. The third-order valence-corrected chi connectivity index (χ3v) is 17.7. The smallest absolute Gasteiger partial charge is 0.158 e. The summed E-state index contributed by atoms with van der Waals surface area (Å²) in [5.41, 5.74) is 23.0. The summed E-state index contributed by atoms with van der Waals surface area (Å²) in [6.45, 7) is 14.2. The van der Waals surface area contributed by atoms with Crippen LogP contribution >= 0.6 is 0 Å². The van der Waals surface area contributed by atoms with Gasteiger partial charge in [-0.1, -0.05) is 187 Å². The molecule has 3 aromatic heterocycles. The van der Waals surface area contributed by atoms with Crippen LogP contribution in [0, 0.1) is 0 Å². The molecule has 0 saturated carbocycles. The molecule has 420 valence electrons. The third kappa shape index (κ3) is 8.49. The zero-order chi connectivity index (χ0) is 58.7. The molecule has 0 spiro atoms. The van der Waals surface area contributed by atoms with Crippen LogP contribution in [0.1, 0.15) is 52.7 Å². The second kappa shape index (κ2) is 20.0. The summed E-state index contributed by atoms with van der Waals surface area (Å²) < 4.78 is 9.27. The van der Waals surface area contributed by atoms with Crippen molar-refractivity contribution in [3.05, 3.63) is 272 Å². The Kier molecular flexibility index (Phi) is 11.9. The quantitative estimate of drug-likeness (QED) is 0.158. The number of rotatable bonds is 7. The van der Waals surface area contributed by atoms with Crippen molar-refractivity contribution in [1.29, 1.82) is 0 Å². The molecule has 8 heteroatoms. The van der Waals surface area contributed by atoms with Crippen molar-refractivity contribution in [2.24, 2.45) is 0 Å². The number of nitrogens with zero attached hydrogens (tertiary/aromatic N) is 7. The molecule has 0 fully saturated rings.